The summed E-state index contributed by atoms with van der Waals surface area (Å²) in [5.74, 6) is 0.600. The highest BCUT2D eigenvalue weighted by Crippen LogP contribution is 2.58. The van der Waals surface area contributed by atoms with Crippen molar-refractivity contribution >= 4 is 5.91 Å². The first-order valence-electron chi connectivity index (χ1n) is 11.4. The Labute approximate surface area is 183 Å². The normalized spacial score (nSPS) is 26.5. The van der Waals surface area contributed by atoms with Gasteiger partial charge in [-0.25, -0.2) is 0 Å². The third-order valence-corrected chi connectivity index (χ3v) is 7.57. The number of morpholine rings is 1. The summed E-state index contributed by atoms with van der Waals surface area (Å²) in [6.45, 7) is 1.49. The summed E-state index contributed by atoms with van der Waals surface area (Å²) in [5, 5.41) is 0. The highest BCUT2D eigenvalue weighted by atomic mass is 16.5. The Kier molecular flexibility index (Phi) is 4.46. The molecule has 1 heterocycles. The van der Waals surface area contributed by atoms with E-state index in [1.165, 1.54) is 34.2 Å². The third-order valence-electron chi connectivity index (χ3n) is 7.57. The van der Waals surface area contributed by atoms with Crippen LogP contribution in [-0.4, -0.2) is 30.1 Å². The minimum absolute atomic E-state index is 0.0224. The monoisotopic (exact) mass is 409 g/mol. The van der Waals surface area contributed by atoms with Crippen molar-refractivity contribution in [3.05, 3.63) is 107 Å². The van der Waals surface area contributed by atoms with Gasteiger partial charge in [-0.15, -0.1) is 0 Å². The fourth-order valence-electron chi connectivity index (χ4n) is 6.23. The second kappa shape index (κ2) is 7.35. The van der Waals surface area contributed by atoms with Crippen LogP contribution >= 0.6 is 0 Å². The molecule has 7 rings (SSSR count). The van der Waals surface area contributed by atoms with Gasteiger partial charge in [-0.2, -0.15) is 0 Å². The SMILES string of the molecule is O=C1COC(CC23CCC(c4ccccc42)c2ccccc23)CN1Cc1ccccc1. The Morgan fingerprint density at radius 3 is 2.23 bits per heavy atom. The van der Waals surface area contributed by atoms with Gasteiger partial charge >= 0.3 is 0 Å². The van der Waals surface area contributed by atoms with Crippen LogP contribution in [0.15, 0.2) is 78.9 Å². The van der Waals surface area contributed by atoms with Crippen molar-refractivity contribution in [3.63, 3.8) is 0 Å². The standard InChI is InChI=1S/C28H27NO2/c30-27-19-31-21(18-29(27)17-20-8-2-1-3-9-20)16-28-15-14-22(23-10-4-6-12-25(23)28)24-11-5-7-13-26(24)28/h1-13,21-22H,14-19H2. The number of rotatable bonds is 4. The van der Waals surface area contributed by atoms with Crippen LogP contribution in [0, 0.1) is 0 Å². The molecule has 31 heavy (non-hydrogen) atoms. The van der Waals surface area contributed by atoms with E-state index in [-0.39, 0.29) is 24.0 Å². The zero-order chi connectivity index (χ0) is 20.8. The number of nitrogens with zero attached hydrogens (tertiary/aromatic N) is 1. The van der Waals surface area contributed by atoms with Crippen LogP contribution in [0.5, 0.6) is 0 Å². The van der Waals surface area contributed by atoms with Crippen LogP contribution in [0.2, 0.25) is 0 Å². The topological polar surface area (TPSA) is 29.5 Å². The number of amides is 1. The van der Waals surface area contributed by atoms with Gasteiger partial charge in [-0.05, 0) is 47.1 Å². The van der Waals surface area contributed by atoms with Gasteiger partial charge < -0.3 is 9.64 Å². The summed E-state index contributed by atoms with van der Waals surface area (Å²) in [4.78, 5) is 14.6. The Morgan fingerprint density at radius 1 is 0.871 bits per heavy atom. The minimum Gasteiger partial charge on any atom is -0.367 e. The molecule has 3 aromatic carbocycles. The van der Waals surface area contributed by atoms with E-state index in [9.17, 15) is 4.79 Å². The molecule has 0 saturated carbocycles. The van der Waals surface area contributed by atoms with Crippen molar-refractivity contribution in [3.8, 4) is 0 Å². The van der Waals surface area contributed by atoms with Gasteiger partial charge in [-0.3, -0.25) is 4.79 Å². The second-order valence-electron chi connectivity index (χ2n) is 9.24. The van der Waals surface area contributed by atoms with E-state index in [0.29, 0.717) is 19.0 Å². The second-order valence-corrected chi connectivity index (χ2v) is 9.24. The molecule has 0 N–H and O–H groups in total. The van der Waals surface area contributed by atoms with Crippen LogP contribution < -0.4 is 0 Å². The first kappa shape index (κ1) is 18.8. The van der Waals surface area contributed by atoms with Crippen LogP contribution in [-0.2, 0) is 21.5 Å². The average Bonchev–Trinajstić information content (AvgIpc) is 2.83. The maximum Gasteiger partial charge on any atom is 0.248 e. The van der Waals surface area contributed by atoms with Crippen molar-refractivity contribution in [1.29, 1.82) is 0 Å². The maximum absolute atomic E-state index is 12.6. The molecular weight excluding hydrogens is 382 g/mol. The van der Waals surface area contributed by atoms with Crippen LogP contribution in [0.3, 0.4) is 0 Å². The predicted octanol–water partition coefficient (Wildman–Crippen LogP) is 5.03. The Balaban J connectivity index is 1.33. The lowest BCUT2D eigenvalue weighted by Gasteiger charge is -2.51. The van der Waals surface area contributed by atoms with Crippen molar-refractivity contribution in [2.45, 2.75) is 43.2 Å². The van der Waals surface area contributed by atoms with Gasteiger partial charge in [0.2, 0.25) is 5.91 Å². The molecule has 4 aliphatic rings. The van der Waals surface area contributed by atoms with E-state index >= 15 is 0 Å². The lowest BCUT2D eigenvalue weighted by molar-refractivity contribution is -0.151. The van der Waals surface area contributed by atoms with Gasteiger partial charge in [0.1, 0.15) is 6.61 Å². The number of hydrogen-bond acceptors (Lipinski definition) is 2. The highest BCUT2D eigenvalue weighted by Gasteiger charge is 2.49. The number of fused-ring (bicyclic) bond motifs is 1. The summed E-state index contributed by atoms with van der Waals surface area (Å²) < 4.78 is 6.14. The molecule has 1 aliphatic heterocycles. The molecule has 1 unspecified atom stereocenters. The number of carbonyl (C=O) groups excluding carboxylic acids is 1. The molecule has 3 aromatic rings. The number of hydrogen-bond donors (Lipinski definition) is 0. The molecular formula is C28H27NO2. The predicted molar refractivity (Wildman–Crippen MR) is 121 cm³/mol. The minimum atomic E-state index is -0.0224. The molecule has 1 saturated heterocycles. The van der Waals surface area contributed by atoms with Crippen molar-refractivity contribution in [1.82, 2.24) is 4.90 Å². The number of carbonyl (C=O) groups is 1. The highest BCUT2D eigenvalue weighted by molar-refractivity contribution is 5.78. The molecule has 0 radical (unpaired) electrons. The van der Waals surface area contributed by atoms with E-state index in [4.69, 9.17) is 4.74 Å². The van der Waals surface area contributed by atoms with E-state index in [1.807, 2.05) is 23.1 Å². The fraction of sp³-hybridized carbons (Fsp3) is 0.321. The first-order chi connectivity index (χ1) is 15.2. The van der Waals surface area contributed by atoms with Crippen LogP contribution in [0.25, 0.3) is 0 Å². The third kappa shape index (κ3) is 3.02. The lowest BCUT2D eigenvalue weighted by Crippen LogP contribution is -2.50. The molecule has 3 nitrogen and oxygen atoms in total. The zero-order valence-electron chi connectivity index (χ0n) is 17.7. The summed E-state index contributed by atoms with van der Waals surface area (Å²) >= 11 is 0. The van der Waals surface area contributed by atoms with Gasteiger partial charge in [-0.1, -0.05) is 78.9 Å². The van der Waals surface area contributed by atoms with E-state index in [0.717, 1.165) is 12.8 Å². The maximum atomic E-state index is 12.6. The summed E-state index contributed by atoms with van der Waals surface area (Å²) in [5.41, 5.74) is 7.07. The van der Waals surface area contributed by atoms with Crippen LogP contribution in [0.1, 0.15) is 53.0 Å². The molecule has 0 spiro atoms. The molecule has 156 valence electrons. The summed E-state index contributed by atoms with van der Waals surface area (Å²) in [7, 11) is 0. The molecule has 2 bridgehead atoms. The smallest absolute Gasteiger partial charge is 0.248 e. The first-order valence-corrected chi connectivity index (χ1v) is 11.4. The quantitative estimate of drug-likeness (QED) is 0.605. The molecule has 3 aliphatic carbocycles. The largest absolute Gasteiger partial charge is 0.367 e. The Bertz CT molecular complexity index is 1080. The zero-order valence-corrected chi connectivity index (χ0v) is 17.7. The lowest BCUT2D eigenvalue weighted by atomic mass is 9.53. The van der Waals surface area contributed by atoms with E-state index in [1.54, 1.807) is 0 Å². The molecule has 1 fully saturated rings. The van der Waals surface area contributed by atoms with Crippen molar-refractivity contribution in [2.24, 2.45) is 0 Å². The van der Waals surface area contributed by atoms with Gasteiger partial charge in [0.25, 0.3) is 0 Å². The van der Waals surface area contributed by atoms with Crippen LogP contribution in [0.4, 0.5) is 0 Å². The molecule has 1 amide bonds. The molecule has 3 heteroatoms. The van der Waals surface area contributed by atoms with E-state index in [2.05, 4.69) is 60.7 Å². The van der Waals surface area contributed by atoms with Gasteiger partial charge in [0, 0.05) is 24.4 Å². The molecule has 1 atom stereocenters. The summed E-state index contributed by atoms with van der Waals surface area (Å²) in [6.07, 6.45) is 3.30. The fourth-order valence-corrected chi connectivity index (χ4v) is 6.23. The molecule has 0 aromatic heterocycles. The van der Waals surface area contributed by atoms with Gasteiger partial charge in [0.15, 0.2) is 0 Å². The summed E-state index contributed by atoms with van der Waals surface area (Å²) in [6, 6.07) is 28.2. The number of benzene rings is 3. The van der Waals surface area contributed by atoms with E-state index < -0.39 is 0 Å². The van der Waals surface area contributed by atoms with Crippen molar-refractivity contribution in [2.75, 3.05) is 13.2 Å². The Morgan fingerprint density at radius 2 is 1.52 bits per heavy atom. The number of ether oxygens (including phenoxy) is 1. The van der Waals surface area contributed by atoms with Crippen molar-refractivity contribution < 1.29 is 9.53 Å². The average molecular weight is 410 g/mol. The Hall–Kier alpha value is -2.91. The van der Waals surface area contributed by atoms with Gasteiger partial charge in [0.05, 0.1) is 6.10 Å².